The van der Waals surface area contributed by atoms with Crippen LogP contribution in [0, 0.1) is 11.2 Å². The number of methoxy groups -OCH3 is 1. The highest BCUT2D eigenvalue weighted by atomic mass is 19.1. The van der Waals surface area contributed by atoms with Crippen LogP contribution in [-0.4, -0.2) is 31.5 Å². The van der Waals surface area contributed by atoms with Crippen molar-refractivity contribution in [2.24, 2.45) is 5.41 Å². The summed E-state index contributed by atoms with van der Waals surface area (Å²) in [5.74, 6) is -0.712. The molecule has 0 spiro atoms. The minimum absolute atomic E-state index is 0.104. The smallest absolute Gasteiger partial charge is 0.250 e. The number of hydrogen-bond donors (Lipinski definition) is 1. The van der Waals surface area contributed by atoms with Crippen LogP contribution in [0.5, 0.6) is 5.75 Å². The van der Waals surface area contributed by atoms with Gasteiger partial charge in [0.15, 0.2) is 0 Å². The molecule has 1 fully saturated rings. The van der Waals surface area contributed by atoms with Gasteiger partial charge in [-0.2, -0.15) is 0 Å². The lowest BCUT2D eigenvalue weighted by molar-refractivity contribution is -0.133. The van der Waals surface area contributed by atoms with E-state index >= 15 is 0 Å². The molecule has 6 heteroatoms. The third-order valence-corrected chi connectivity index (χ3v) is 3.42. The summed E-state index contributed by atoms with van der Waals surface area (Å²) in [4.78, 5) is 25.9. The summed E-state index contributed by atoms with van der Waals surface area (Å²) >= 11 is 0. The van der Waals surface area contributed by atoms with Gasteiger partial charge in [0.2, 0.25) is 5.91 Å². The topological polar surface area (TPSA) is 58.6 Å². The fraction of sp³-hybridized carbons (Fsp3) is 0.467. The normalized spacial score (nSPS) is 19.5. The molecule has 0 radical (unpaired) electrons. The molecule has 1 N–H and O–H groups in total. The van der Waals surface area contributed by atoms with Gasteiger partial charge in [-0.1, -0.05) is 20.8 Å². The third-order valence-electron chi connectivity index (χ3n) is 3.42. The molecule has 1 aliphatic rings. The minimum atomic E-state index is -0.631. The molecule has 114 valence electrons. The number of amides is 2. The highest BCUT2D eigenvalue weighted by Crippen LogP contribution is 2.32. The molecule has 0 aromatic heterocycles. The van der Waals surface area contributed by atoms with E-state index in [1.165, 1.54) is 30.2 Å². The molecule has 2 amide bonds. The van der Waals surface area contributed by atoms with Gasteiger partial charge in [-0.3, -0.25) is 14.5 Å². The van der Waals surface area contributed by atoms with Crippen molar-refractivity contribution in [1.29, 1.82) is 0 Å². The maximum Gasteiger partial charge on any atom is 0.250 e. The second-order valence-electron chi connectivity index (χ2n) is 6.11. The Kier molecular flexibility index (Phi) is 3.89. The molecule has 2 rings (SSSR count). The predicted molar refractivity (Wildman–Crippen MR) is 76.7 cm³/mol. The number of nitrogens with one attached hydrogen (secondary N) is 1. The number of anilines is 1. The quantitative estimate of drug-likeness (QED) is 0.903. The molecule has 1 aromatic rings. The minimum Gasteiger partial charge on any atom is -0.494 e. The van der Waals surface area contributed by atoms with Crippen molar-refractivity contribution >= 4 is 17.5 Å². The number of hydrogen-bond acceptors (Lipinski definition) is 3. The summed E-state index contributed by atoms with van der Waals surface area (Å²) in [6, 6.07) is 3.25. The van der Waals surface area contributed by atoms with Gasteiger partial charge in [0.05, 0.1) is 12.8 Å². The first-order chi connectivity index (χ1) is 9.74. The Hall–Kier alpha value is -2.11. The highest BCUT2D eigenvalue weighted by Gasteiger charge is 2.41. The zero-order chi connectivity index (χ0) is 15.8. The average Bonchev–Trinajstić information content (AvgIpc) is 2.40. The van der Waals surface area contributed by atoms with Gasteiger partial charge in [-0.25, -0.2) is 4.39 Å². The van der Waals surface area contributed by atoms with Gasteiger partial charge >= 0.3 is 0 Å². The summed E-state index contributed by atoms with van der Waals surface area (Å²) in [5.41, 5.74) is -0.0217. The van der Waals surface area contributed by atoms with Crippen molar-refractivity contribution in [2.45, 2.75) is 26.8 Å². The molecule has 0 aliphatic carbocycles. The highest BCUT2D eigenvalue weighted by molar-refractivity contribution is 6.07. The predicted octanol–water partition coefficient (Wildman–Crippen LogP) is 1.71. The molecular formula is C15H19FN2O3. The first-order valence-electron chi connectivity index (χ1n) is 6.68. The standard InChI is InChI=1S/C15H19FN2O3/c1-15(2,3)13-14(20)18(8-12(19)17-13)10-6-5-9(16)7-11(10)21-4/h5-7,13H,8H2,1-4H3,(H,17,19). The maximum atomic E-state index is 13.3. The van der Waals surface area contributed by atoms with Gasteiger partial charge in [0.1, 0.15) is 24.2 Å². The Bertz CT molecular complexity index is 581. The van der Waals surface area contributed by atoms with Crippen molar-refractivity contribution in [1.82, 2.24) is 5.32 Å². The Morgan fingerprint density at radius 3 is 2.57 bits per heavy atom. The van der Waals surface area contributed by atoms with E-state index in [9.17, 15) is 14.0 Å². The average molecular weight is 294 g/mol. The molecule has 0 bridgehead atoms. The summed E-state index contributed by atoms with van der Waals surface area (Å²) in [6.45, 7) is 5.52. The van der Waals surface area contributed by atoms with E-state index in [2.05, 4.69) is 5.32 Å². The van der Waals surface area contributed by atoms with E-state index in [-0.39, 0.29) is 24.1 Å². The molecule has 1 unspecified atom stereocenters. The number of carbonyl (C=O) groups excluding carboxylic acids is 2. The Morgan fingerprint density at radius 1 is 1.33 bits per heavy atom. The van der Waals surface area contributed by atoms with Crippen LogP contribution in [0.2, 0.25) is 0 Å². The molecule has 1 atom stereocenters. The number of carbonyl (C=O) groups is 2. The lowest BCUT2D eigenvalue weighted by Crippen LogP contribution is -2.62. The molecule has 1 aliphatic heterocycles. The van der Waals surface area contributed by atoms with E-state index < -0.39 is 17.3 Å². The van der Waals surface area contributed by atoms with E-state index in [1.54, 1.807) is 0 Å². The number of halogens is 1. The number of nitrogens with zero attached hydrogens (tertiary/aromatic N) is 1. The Morgan fingerprint density at radius 2 is 2.00 bits per heavy atom. The van der Waals surface area contributed by atoms with Crippen LogP contribution in [0.4, 0.5) is 10.1 Å². The number of benzene rings is 1. The van der Waals surface area contributed by atoms with Gasteiger partial charge in [-0.15, -0.1) is 0 Å². The summed E-state index contributed by atoms with van der Waals surface area (Å²) in [5, 5.41) is 2.71. The van der Waals surface area contributed by atoms with Crippen LogP contribution in [-0.2, 0) is 9.59 Å². The van der Waals surface area contributed by atoms with Crippen molar-refractivity contribution in [3.05, 3.63) is 24.0 Å². The zero-order valence-corrected chi connectivity index (χ0v) is 12.6. The fourth-order valence-electron chi connectivity index (χ4n) is 2.31. The largest absolute Gasteiger partial charge is 0.494 e. The van der Waals surface area contributed by atoms with Crippen molar-refractivity contribution in [3.8, 4) is 5.75 Å². The van der Waals surface area contributed by atoms with Crippen LogP contribution in [0.3, 0.4) is 0 Å². The van der Waals surface area contributed by atoms with E-state index in [0.717, 1.165) is 0 Å². The molecule has 1 aromatic carbocycles. The van der Waals surface area contributed by atoms with Crippen LogP contribution < -0.4 is 15.0 Å². The van der Waals surface area contributed by atoms with Crippen LogP contribution in [0.1, 0.15) is 20.8 Å². The monoisotopic (exact) mass is 294 g/mol. The second-order valence-corrected chi connectivity index (χ2v) is 6.11. The molecule has 21 heavy (non-hydrogen) atoms. The molecular weight excluding hydrogens is 275 g/mol. The maximum absolute atomic E-state index is 13.3. The van der Waals surface area contributed by atoms with Gasteiger partial charge < -0.3 is 10.1 Å². The summed E-state index contributed by atoms with van der Waals surface area (Å²) in [6.07, 6.45) is 0. The Balaban J connectivity index is 2.43. The van der Waals surface area contributed by atoms with Crippen LogP contribution in [0.25, 0.3) is 0 Å². The molecule has 1 saturated heterocycles. The van der Waals surface area contributed by atoms with Gasteiger partial charge in [-0.05, 0) is 17.5 Å². The van der Waals surface area contributed by atoms with E-state index in [4.69, 9.17) is 4.74 Å². The van der Waals surface area contributed by atoms with Crippen molar-refractivity contribution in [2.75, 3.05) is 18.6 Å². The lowest BCUT2D eigenvalue weighted by atomic mass is 9.84. The van der Waals surface area contributed by atoms with Gasteiger partial charge in [0, 0.05) is 6.07 Å². The summed E-state index contributed by atoms with van der Waals surface area (Å²) < 4.78 is 18.4. The number of rotatable bonds is 2. The molecule has 5 nitrogen and oxygen atoms in total. The van der Waals surface area contributed by atoms with E-state index in [0.29, 0.717) is 5.69 Å². The first-order valence-corrected chi connectivity index (χ1v) is 6.68. The van der Waals surface area contributed by atoms with Crippen LogP contribution in [0.15, 0.2) is 18.2 Å². The summed E-state index contributed by atoms with van der Waals surface area (Å²) in [7, 11) is 1.40. The van der Waals surface area contributed by atoms with Crippen molar-refractivity contribution < 1.29 is 18.7 Å². The van der Waals surface area contributed by atoms with E-state index in [1.807, 2.05) is 20.8 Å². The molecule has 1 heterocycles. The number of piperazine rings is 1. The number of ether oxygens (including phenoxy) is 1. The Labute approximate surface area is 123 Å². The first kappa shape index (κ1) is 15.3. The molecule has 0 saturated carbocycles. The van der Waals surface area contributed by atoms with Gasteiger partial charge in [0.25, 0.3) is 5.91 Å². The second kappa shape index (κ2) is 5.35. The van der Waals surface area contributed by atoms with Crippen molar-refractivity contribution in [3.63, 3.8) is 0 Å². The zero-order valence-electron chi connectivity index (χ0n) is 12.6. The van der Waals surface area contributed by atoms with Crippen LogP contribution >= 0.6 is 0 Å². The lowest BCUT2D eigenvalue weighted by Gasteiger charge is -2.39. The SMILES string of the molecule is COc1cc(F)ccc1N1CC(=O)NC(C(C)(C)C)C1=O. The third kappa shape index (κ3) is 2.99. The fourth-order valence-corrected chi connectivity index (χ4v) is 2.31.